The molecule has 0 fully saturated rings. The first-order valence-electron chi connectivity index (χ1n) is 10.9. The number of carboxylic acid groups (broad SMARTS) is 1. The number of halogens is 1. The highest BCUT2D eigenvalue weighted by molar-refractivity contribution is 7.99. The lowest BCUT2D eigenvalue weighted by Gasteiger charge is -2.15. The molecule has 0 radical (unpaired) electrons. The normalized spacial score (nSPS) is 11.9. The van der Waals surface area contributed by atoms with Gasteiger partial charge in [-0.2, -0.15) is 0 Å². The molecule has 3 aromatic rings. The molecule has 7 nitrogen and oxygen atoms in total. The highest BCUT2D eigenvalue weighted by Gasteiger charge is 2.29. The van der Waals surface area contributed by atoms with Crippen LogP contribution in [0.3, 0.4) is 0 Å². The van der Waals surface area contributed by atoms with Crippen molar-refractivity contribution in [2.45, 2.75) is 5.92 Å². The van der Waals surface area contributed by atoms with E-state index in [0.29, 0.717) is 18.0 Å². The summed E-state index contributed by atoms with van der Waals surface area (Å²) in [5.74, 6) is -0.906. The van der Waals surface area contributed by atoms with E-state index in [1.54, 1.807) is 0 Å². The van der Waals surface area contributed by atoms with Crippen LogP contribution >= 0.6 is 23.4 Å². The molecule has 0 aromatic heterocycles. The number of amides is 2. The standard InChI is InChI=1S/C26H23ClN2O5S/c27-17-11-16(25(32)28-9-10-35-15-24(30)31)12-18(13-17)29-26(33)34-14-23-21-7-3-1-5-19(21)20-6-2-4-8-22(20)23/h1-8,11-13,23H,9-10,14-15H2,(H,28,32)(H,29,33)(H,30,31). The predicted molar refractivity (Wildman–Crippen MR) is 137 cm³/mol. The number of rotatable bonds is 9. The van der Waals surface area contributed by atoms with Crippen molar-refractivity contribution in [3.05, 3.63) is 88.4 Å². The molecule has 35 heavy (non-hydrogen) atoms. The molecule has 3 aromatic carbocycles. The van der Waals surface area contributed by atoms with Crippen molar-refractivity contribution in [2.75, 3.05) is 30.0 Å². The van der Waals surface area contributed by atoms with Crippen LogP contribution in [0.1, 0.15) is 27.4 Å². The molecule has 4 rings (SSSR count). The fourth-order valence-electron chi connectivity index (χ4n) is 4.04. The first kappa shape index (κ1) is 24.6. The number of nitrogens with one attached hydrogen (secondary N) is 2. The Hall–Kier alpha value is -3.49. The van der Waals surface area contributed by atoms with Crippen molar-refractivity contribution in [1.29, 1.82) is 0 Å². The van der Waals surface area contributed by atoms with Crippen molar-refractivity contribution in [1.82, 2.24) is 5.32 Å². The number of thioether (sulfide) groups is 1. The molecule has 1 aliphatic rings. The van der Waals surface area contributed by atoms with Crippen molar-refractivity contribution in [2.24, 2.45) is 0 Å². The van der Waals surface area contributed by atoms with Gasteiger partial charge in [0.25, 0.3) is 5.91 Å². The summed E-state index contributed by atoms with van der Waals surface area (Å²) in [5, 5.41) is 14.3. The van der Waals surface area contributed by atoms with Gasteiger partial charge in [0, 0.05) is 34.5 Å². The van der Waals surface area contributed by atoms with E-state index < -0.39 is 12.1 Å². The van der Waals surface area contributed by atoms with E-state index in [4.69, 9.17) is 21.4 Å². The minimum absolute atomic E-state index is 0.0265. The molecule has 180 valence electrons. The van der Waals surface area contributed by atoms with Crippen LogP contribution in [0.15, 0.2) is 66.7 Å². The summed E-state index contributed by atoms with van der Waals surface area (Å²) in [6.07, 6.45) is -0.648. The zero-order valence-electron chi connectivity index (χ0n) is 18.6. The summed E-state index contributed by atoms with van der Waals surface area (Å²) in [6.45, 7) is 0.472. The van der Waals surface area contributed by atoms with Gasteiger partial charge in [-0.3, -0.25) is 14.9 Å². The Morgan fingerprint density at radius 2 is 1.63 bits per heavy atom. The second-order valence-corrected chi connectivity index (χ2v) is 9.42. The van der Waals surface area contributed by atoms with Crippen molar-refractivity contribution in [3.63, 3.8) is 0 Å². The number of carbonyl (C=O) groups is 3. The van der Waals surface area contributed by atoms with E-state index in [1.807, 2.05) is 36.4 Å². The second kappa shape index (κ2) is 11.3. The first-order chi connectivity index (χ1) is 16.9. The van der Waals surface area contributed by atoms with E-state index in [9.17, 15) is 14.4 Å². The maximum absolute atomic E-state index is 12.6. The zero-order valence-corrected chi connectivity index (χ0v) is 20.2. The highest BCUT2D eigenvalue weighted by atomic mass is 35.5. The van der Waals surface area contributed by atoms with Crippen LogP contribution in [-0.2, 0) is 9.53 Å². The van der Waals surface area contributed by atoms with Gasteiger partial charge in [0.15, 0.2) is 0 Å². The van der Waals surface area contributed by atoms with Crippen LogP contribution in [0.4, 0.5) is 10.5 Å². The summed E-state index contributed by atoms with van der Waals surface area (Å²) in [5.41, 5.74) is 5.12. The number of carbonyl (C=O) groups excluding carboxylic acids is 2. The molecule has 0 saturated carbocycles. The molecule has 2 amide bonds. The van der Waals surface area contributed by atoms with E-state index >= 15 is 0 Å². The summed E-state index contributed by atoms with van der Waals surface area (Å²) >= 11 is 7.35. The highest BCUT2D eigenvalue weighted by Crippen LogP contribution is 2.44. The SMILES string of the molecule is O=C(O)CSCCNC(=O)c1cc(Cl)cc(NC(=O)OCC2c3ccccc3-c3ccccc32)c1. The largest absolute Gasteiger partial charge is 0.481 e. The number of benzene rings is 3. The maximum Gasteiger partial charge on any atom is 0.411 e. The molecule has 9 heteroatoms. The number of hydrogen-bond acceptors (Lipinski definition) is 5. The van der Waals surface area contributed by atoms with Crippen molar-refractivity contribution >= 4 is 47.0 Å². The lowest BCUT2D eigenvalue weighted by molar-refractivity contribution is -0.133. The molecule has 0 spiro atoms. The number of fused-ring (bicyclic) bond motifs is 3. The average Bonchev–Trinajstić information content (AvgIpc) is 3.15. The lowest BCUT2D eigenvalue weighted by atomic mass is 9.98. The fraction of sp³-hybridized carbons (Fsp3) is 0.192. The minimum atomic E-state index is -0.903. The third-order valence-electron chi connectivity index (χ3n) is 5.51. The van der Waals surface area contributed by atoms with Crippen LogP contribution in [0, 0.1) is 0 Å². The number of ether oxygens (including phenoxy) is 1. The Kier molecular flexibility index (Phi) is 7.94. The van der Waals surface area contributed by atoms with Gasteiger partial charge in [-0.25, -0.2) is 4.79 Å². The van der Waals surface area contributed by atoms with Gasteiger partial charge in [0.2, 0.25) is 0 Å². The third-order valence-corrected chi connectivity index (χ3v) is 6.67. The smallest absolute Gasteiger partial charge is 0.411 e. The average molecular weight is 511 g/mol. The fourth-order valence-corrected chi connectivity index (χ4v) is 4.84. The number of hydrogen-bond donors (Lipinski definition) is 3. The Morgan fingerprint density at radius 3 is 2.29 bits per heavy atom. The maximum atomic E-state index is 12.6. The summed E-state index contributed by atoms with van der Waals surface area (Å²) in [7, 11) is 0. The molecular formula is C26H23ClN2O5S. The van der Waals surface area contributed by atoms with E-state index in [1.165, 1.54) is 30.0 Å². The number of anilines is 1. The third kappa shape index (κ3) is 6.15. The zero-order chi connectivity index (χ0) is 24.8. The van der Waals surface area contributed by atoms with Gasteiger partial charge in [0.1, 0.15) is 6.61 Å². The number of carboxylic acids is 1. The summed E-state index contributed by atoms with van der Waals surface area (Å²) < 4.78 is 5.55. The van der Waals surface area contributed by atoms with E-state index in [-0.39, 0.29) is 34.8 Å². The Morgan fingerprint density at radius 1 is 0.971 bits per heavy atom. The summed E-state index contributed by atoms with van der Waals surface area (Å²) in [4.78, 5) is 35.5. The van der Waals surface area contributed by atoms with Gasteiger partial charge in [-0.1, -0.05) is 60.1 Å². The van der Waals surface area contributed by atoms with Gasteiger partial charge < -0.3 is 15.2 Å². The topological polar surface area (TPSA) is 105 Å². The van der Waals surface area contributed by atoms with Crippen LogP contribution in [0.2, 0.25) is 5.02 Å². The molecule has 0 unspecified atom stereocenters. The molecule has 3 N–H and O–H groups in total. The van der Waals surface area contributed by atoms with Gasteiger partial charge in [-0.15, -0.1) is 11.8 Å². The second-order valence-electron chi connectivity index (χ2n) is 7.88. The van der Waals surface area contributed by atoms with E-state index in [0.717, 1.165) is 22.3 Å². The Balaban J connectivity index is 1.35. The molecule has 0 bridgehead atoms. The quantitative estimate of drug-likeness (QED) is 0.340. The number of aliphatic carboxylic acids is 1. The van der Waals surface area contributed by atoms with Crippen molar-refractivity contribution in [3.8, 4) is 11.1 Å². The van der Waals surface area contributed by atoms with Crippen LogP contribution in [0.25, 0.3) is 11.1 Å². The van der Waals surface area contributed by atoms with Crippen molar-refractivity contribution < 1.29 is 24.2 Å². The van der Waals surface area contributed by atoms with Gasteiger partial charge in [0.05, 0.1) is 5.75 Å². The molecule has 0 aliphatic heterocycles. The molecule has 0 saturated heterocycles. The lowest BCUT2D eigenvalue weighted by Crippen LogP contribution is -2.26. The first-order valence-corrected chi connectivity index (χ1v) is 12.5. The van der Waals surface area contributed by atoms with Crippen LogP contribution < -0.4 is 10.6 Å². The van der Waals surface area contributed by atoms with Gasteiger partial charge in [-0.05, 0) is 40.5 Å². The summed E-state index contributed by atoms with van der Waals surface area (Å²) in [6, 6.07) is 20.7. The molecule has 0 atom stereocenters. The van der Waals surface area contributed by atoms with Crippen LogP contribution in [-0.4, -0.2) is 47.7 Å². The predicted octanol–water partition coefficient (Wildman–Crippen LogP) is 5.25. The Labute approximate surface area is 211 Å². The molecular weight excluding hydrogens is 488 g/mol. The van der Waals surface area contributed by atoms with Gasteiger partial charge >= 0.3 is 12.1 Å². The molecule has 1 aliphatic carbocycles. The van der Waals surface area contributed by atoms with E-state index in [2.05, 4.69) is 22.8 Å². The monoisotopic (exact) mass is 510 g/mol. The minimum Gasteiger partial charge on any atom is -0.481 e. The molecule has 0 heterocycles. The Bertz CT molecular complexity index is 1220. The van der Waals surface area contributed by atoms with Crippen LogP contribution in [0.5, 0.6) is 0 Å².